The maximum atomic E-state index is 12.9. The Morgan fingerprint density at radius 2 is 2.00 bits per heavy atom. The van der Waals surface area contributed by atoms with E-state index in [2.05, 4.69) is 11.9 Å². The van der Waals surface area contributed by atoms with Crippen LogP contribution in [0.5, 0.6) is 0 Å². The Kier molecular flexibility index (Phi) is 3.70. The number of hydrogen-bond donors (Lipinski definition) is 0. The Bertz CT molecular complexity index is 1080. The first-order valence-corrected chi connectivity index (χ1v) is 7.99. The third-order valence-corrected chi connectivity index (χ3v) is 4.51. The van der Waals surface area contributed by atoms with Crippen LogP contribution < -0.4 is 11.2 Å². The second-order valence-electron chi connectivity index (χ2n) is 6.18. The van der Waals surface area contributed by atoms with Crippen molar-refractivity contribution in [3.63, 3.8) is 0 Å². The number of ketones is 1. The molecule has 0 saturated carbocycles. The zero-order chi connectivity index (χ0) is 17.8. The highest BCUT2D eigenvalue weighted by Crippen LogP contribution is 2.17. The fourth-order valence-electron chi connectivity index (χ4n) is 3.05. The molecular weight excluding hydrogens is 310 g/mol. The fraction of sp³-hybridized carbons (Fsp3) is 0.500. The number of nitrogens with zero attached hydrogens (tertiary/aromatic N) is 5. The number of aromatic nitrogens is 5. The van der Waals surface area contributed by atoms with Crippen molar-refractivity contribution >= 4 is 22.7 Å². The van der Waals surface area contributed by atoms with Gasteiger partial charge >= 0.3 is 5.69 Å². The topological polar surface area (TPSA) is 83.3 Å². The standard InChI is InChI=1S/C16H21N5O3/c1-6-7-19-9(2)8-20-12-13(17-15(19)20)18(5)16(24)21(14(12)23)10(3)11(4)22/h8,10H,6-7H2,1-5H3. The van der Waals surface area contributed by atoms with E-state index >= 15 is 0 Å². The van der Waals surface area contributed by atoms with Gasteiger partial charge in [0.2, 0.25) is 5.78 Å². The zero-order valence-corrected chi connectivity index (χ0v) is 14.5. The molecule has 0 aliphatic rings. The van der Waals surface area contributed by atoms with Crippen molar-refractivity contribution in [3.8, 4) is 0 Å². The molecule has 1 atom stereocenters. The molecule has 0 aliphatic carbocycles. The van der Waals surface area contributed by atoms with Gasteiger partial charge in [-0.15, -0.1) is 0 Å². The third-order valence-electron chi connectivity index (χ3n) is 4.51. The molecule has 0 saturated heterocycles. The molecule has 0 spiro atoms. The summed E-state index contributed by atoms with van der Waals surface area (Å²) in [5, 5.41) is 0. The highest BCUT2D eigenvalue weighted by atomic mass is 16.2. The highest BCUT2D eigenvalue weighted by Gasteiger charge is 2.23. The number of Topliss-reactive ketones (excluding diaryl/α,β-unsaturated/α-hetero) is 1. The first-order chi connectivity index (χ1) is 11.3. The van der Waals surface area contributed by atoms with Gasteiger partial charge in [-0.2, -0.15) is 4.98 Å². The molecular formula is C16H21N5O3. The van der Waals surface area contributed by atoms with Crippen molar-refractivity contribution in [2.24, 2.45) is 7.05 Å². The van der Waals surface area contributed by atoms with Crippen LogP contribution >= 0.6 is 0 Å². The first kappa shape index (κ1) is 16.2. The van der Waals surface area contributed by atoms with Crippen LogP contribution in [0.1, 0.15) is 38.9 Å². The lowest BCUT2D eigenvalue weighted by atomic mass is 10.2. The summed E-state index contributed by atoms with van der Waals surface area (Å²) in [4.78, 5) is 41.7. The lowest BCUT2D eigenvalue weighted by molar-refractivity contribution is -0.119. The fourth-order valence-corrected chi connectivity index (χ4v) is 3.05. The van der Waals surface area contributed by atoms with Crippen LogP contribution in [0.2, 0.25) is 0 Å². The summed E-state index contributed by atoms with van der Waals surface area (Å²) in [6, 6.07) is -0.815. The Balaban J connectivity index is 2.50. The van der Waals surface area contributed by atoms with Gasteiger partial charge in [0.15, 0.2) is 16.9 Å². The van der Waals surface area contributed by atoms with Gasteiger partial charge in [0, 0.05) is 25.5 Å². The maximum Gasteiger partial charge on any atom is 0.333 e. The van der Waals surface area contributed by atoms with E-state index in [0.717, 1.165) is 23.2 Å². The number of carbonyl (C=O) groups excluding carboxylic acids is 1. The van der Waals surface area contributed by atoms with Gasteiger partial charge in [-0.1, -0.05) is 6.92 Å². The van der Waals surface area contributed by atoms with E-state index in [9.17, 15) is 14.4 Å². The SMILES string of the molecule is CCCn1c(C)cn2c3c(=O)n(C(C)C(C)=O)c(=O)n(C)c3nc12. The molecule has 0 fully saturated rings. The van der Waals surface area contributed by atoms with Gasteiger partial charge in [-0.05, 0) is 27.2 Å². The molecule has 0 aromatic carbocycles. The largest absolute Gasteiger partial charge is 0.333 e. The number of carbonyl (C=O) groups is 1. The maximum absolute atomic E-state index is 12.9. The minimum Gasteiger partial charge on any atom is -0.314 e. The molecule has 24 heavy (non-hydrogen) atoms. The molecule has 0 radical (unpaired) electrons. The van der Waals surface area contributed by atoms with Gasteiger partial charge in [-0.25, -0.2) is 9.36 Å². The second-order valence-corrected chi connectivity index (χ2v) is 6.18. The number of hydrogen-bond acceptors (Lipinski definition) is 4. The van der Waals surface area contributed by atoms with E-state index in [0.29, 0.717) is 16.9 Å². The number of fused-ring (bicyclic) bond motifs is 3. The predicted octanol–water partition coefficient (Wildman–Crippen LogP) is 1.02. The van der Waals surface area contributed by atoms with Crippen LogP contribution in [-0.2, 0) is 18.4 Å². The highest BCUT2D eigenvalue weighted by molar-refractivity contribution is 5.80. The van der Waals surface area contributed by atoms with Crippen molar-refractivity contribution in [2.45, 2.75) is 46.7 Å². The smallest absolute Gasteiger partial charge is 0.314 e. The van der Waals surface area contributed by atoms with E-state index in [-0.39, 0.29) is 5.78 Å². The molecule has 0 aliphatic heterocycles. The van der Waals surface area contributed by atoms with Gasteiger partial charge in [0.05, 0.1) is 6.04 Å². The molecule has 3 aromatic heterocycles. The van der Waals surface area contributed by atoms with Gasteiger partial charge < -0.3 is 4.57 Å². The molecule has 0 bridgehead atoms. The summed E-state index contributed by atoms with van der Waals surface area (Å²) < 4.78 is 6.06. The predicted molar refractivity (Wildman–Crippen MR) is 90.6 cm³/mol. The Morgan fingerprint density at radius 3 is 2.58 bits per heavy atom. The lowest BCUT2D eigenvalue weighted by Gasteiger charge is -2.12. The van der Waals surface area contributed by atoms with Crippen LogP contribution in [0, 0.1) is 6.92 Å². The molecule has 1 unspecified atom stereocenters. The quantitative estimate of drug-likeness (QED) is 0.714. The average Bonchev–Trinajstić information content (AvgIpc) is 3.02. The molecule has 0 N–H and O–H groups in total. The van der Waals surface area contributed by atoms with Crippen molar-refractivity contribution < 1.29 is 4.79 Å². The summed E-state index contributed by atoms with van der Waals surface area (Å²) in [5.74, 6) is 0.388. The van der Waals surface area contributed by atoms with Gasteiger partial charge in [-0.3, -0.25) is 18.6 Å². The minimum atomic E-state index is -0.815. The minimum absolute atomic E-state index is 0.242. The van der Waals surface area contributed by atoms with Crippen molar-refractivity contribution in [1.29, 1.82) is 0 Å². The molecule has 3 aromatic rings. The van der Waals surface area contributed by atoms with Crippen LogP contribution in [0.15, 0.2) is 15.8 Å². The molecule has 3 heterocycles. The second kappa shape index (κ2) is 5.47. The van der Waals surface area contributed by atoms with Gasteiger partial charge in [0.25, 0.3) is 5.56 Å². The van der Waals surface area contributed by atoms with Gasteiger partial charge in [0.1, 0.15) is 0 Å². The third kappa shape index (κ3) is 2.05. The monoisotopic (exact) mass is 331 g/mol. The number of aryl methyl sites for hydroxylation is 3. The van der Waals surface area contributed by atoms with E-state index < -0.39 is 17.3 Å². The molecule has 128 valence electrons. The van der Waals surface area contributed by atoms with Crippen LogP contribution in [0.25, 0.3) is 16.9 Å². The van der Waals surface area contributed by atoms with Crippen molar-refractivity contribution in [2.75, 3.05) is 0 Å². The van der Waals surface area contributed by atoms with E-state index in [1.807, 2.05) is 17.7 Å². The van der Waals surface area contributed by atoms with Crippen LogP contribution in [0.3, 0.4) is 0 Å². The summed E-state index contributed by atoms with van der Waals surface area (Å²) in [5.41, 5.74) is 0.613. The summed E-state index contributed by atoms with van der Waals surface area (Å²) in [6.45, 7) is 7.72. The van der Waals surface area contributed by atoms with E-state index in [1.54, 1.807) is 18.4 Å². The normalized spacial score (nSPS) is 13.0. The average molecular weight is 331 g/mol. The Hall–Kier alpha value is -2.64. The van der Waals surface area contributed by atoms with Crippen molar-refractivity contribution in [1.82, 2.24) is 23.1 Å². The zero-order valence-electron chi connectivity index (χ0n) is 14.5. The molecule has 8 nitrogen and oxygen atoms in total. The number of rotatable bonds is 4. The summed E-state index contributed by atoms with van der Waals surface area (Å²) >= 11 is 0. The van der Waals surface area contributed by atoms with Crippen LogP contribution in [0.4, 0.5) is 0 Å². The van der Waals surface area contributed by atoms with E-state index in [1.165, 1.54) is 11.5 Å². The summed E-state index contributed by atoms with van der Waals surface area (Å²) in [7, 11) is 1.57. The van der Waals surface area contributed by atoms with Crippen LogP contribution in [-0.4, -0.2) is 28.9 Å². The molecule has 0 amide bonds. The lowest BCUT2D eigenvalue weighted by Crippen LogP contribution is -2.42. The Morgan fingerprint density at radius 1 is 1.33 bits per heavy atom. The van der Waals surface area contributed by atoms with E-state index in [4.69, 9.17) is 0 Å². The Labute approximate surface area is 137 Å². The van der Waals surface area contributed by atoms with Crippen molar-refractivity contribution in [3.05, 3.63) is 32.7 Å². The summed E-state index contributed by atoms with van der Waals surface area (Å²) in [6.07, 6.45) is 2.77. The first-order valence-electron chi connectivity index (χ1n) is 7.99. The number of imidazole rings is 2. The molecule has 8 heteroatoms. The molecule has 3 rings (SSSR count).